The van der Waals surface area contributed by atoms with Gasteiger partial charge in [0.15, 0.2) is 0 Å². The van der Waals surface area contributed by atoms with Crippen molar-refractivity contribution in [1.82, 2.24) is 26.6 Å². The largest absolute Gasteiger partial charge is 0.443 e. The molecule has 0 aliphatic carbocycles. The third-order valence-electron chi connectivity index (χ3n) is 21.2. The summed E-state index contributed by atoms with van der Waals surface area (Å²) in [6, 6.07) is 0.851. The summed E-state index contributed by atoms with van der Waals surface area (Å²) >= 11 is 0. The van der Waals surface area contributed by atoms with Crippen molar-refractivity contribution in [2.75, 3.05) is 26.3 Å². The number of amides is 5. The average Bonchev–Trinajstić information content (AvgIpc) is 1.13. The Hall–Kier alpha value is -3.79. The first-order chi connectivity index (χ1) is 43.7. The van der Waals surface area contributed by atoms with E-state index in [1.807, 2.05) is 34.6 Å². The Labute approximate surface area is 601 Å². The van der Waals surface area contributed by atoms with E-state index in [1.54, 1.807) is 0 Å². The van der Waals surface area contributed by atoms with Gasteiger partial charge in [0.05, 0.1) is 43.3 Å². The van der Waals surface area contributed by atoms with Crippen molar-refractivity contribution in [2.45, 2.75) is 332 Å². The summed E-state index contributed by atoms with van der Waals surface area (Å²) in [5.41, 5.74) is 1.23. The van der Waals surface area contributed by atoms with Crippen LogP contribution in [0.2, 0.25) is 0 Å². The number of piperidine rings is 3. The summed E-state index contributed by atoms with van der Waals surface area (Å²) in [4.78, 5) is 80.2. The predicted molar refractivity (Wildman–Crippen MR) is 403 cm³/mol. The number of esters is 2. The minimum Gasteiger partial charge on any atom is -0.443 e. The van der Waals surface area contributed by atoms with Crippen molar-refractivity contribution in [3.05, 3.63) is 0 Å². The van der Waals surface area contributed by atoms with Gasteiger partial charge in [-0.25, -0.2) is 4.79 Å². The van der Waals surface area contributed by atoms with Crippen molar-refractivity contribution >= 4 is 41.7 Å². The smallest absolute Gasteiger partial charge is 0.407 e. The van der Waals surface area contributed by atoms with Gasteiger partial charge in [-0.1, -0.05) is 263 Å². The molecular weight excluding hydrogens is 1230 g/mol. The van der Waals surface area contributed by atoms with Crippen molar-refractivity contribution in [3.63, 3.8) is 0 Å². The number of carbonyl (C=O) groups excluding carboxylic acids is 7. The molecule has 14 unspecified atom stereocenters. The number of rotatable bonds is 4. The number of ether oxygens (including phenoxy) is 4. The topological polar surface area (TPSA) is 217 Å². The van der Waals surface area contributed by atoms with Gasteiger partial charge in [0.25, 0.3) is 0 Å². The van der Waals surface area contributed by atoms with E-state index in [2.05, 4.69) is 255 Å². The maximum Gasteiger partial charge on any atom is 0.407 e. The molecule has 7 fully saturated rings. The highest BCUT2D eigenvalue weighted by atomic mass is 16.6. The molecule has 98 heavy (non-hydrogen) atoms. The molecule has 0 aromatic heterocycles. The van der Waals surface area contributed by atoms with Crippen LogP contribution in [0.5, 0.6) is 0 Å². The molecule has 16 heteroatoms. The van der Waals surface area contributed by atoms with E-state index < -0.39 is 0 Å². The summed E-state index contributed by atoms with van der Waals surface area (Å²) < 4.78 is 21.7. The molecule has 14 atom stereocenters. The highest BCUT2D eigenvalue weighted by molar-refractivity contribution is 5.97. The summed E-state index contributed by atoms with van der Waals surface area (Å²) in [7, 11) is 0. The van der Waals surface area contributed by atoms with Crippen LogP contribution >= 0.6 is 0 Å². The first-order valence-electron chi connectivity index (χ1n) is 37.8. The predicted octanol–water partition coefficient (Wildman–Crippen LogP) is 17.5. The fourth-order valence-corrected chi connectivity index (χ4v) is 15.5. The standard InChI is InChI=1S/2C13H25NO.C12H23NO.C12H24O2.C11H21NO.C11H18O3.C10H19NO2/c1-12(2,3)9-7-11(15)14-8-10(9)13(4,5)6;1-12(2,3)9-7-8-14-11(15)10(9)13(4,5)6;1-11(2,3)8-7-9(14)13-10(8)12(4,5)6;1-11(2,3)9-10(12(4,5)6)14-8-7-13-9;1-7(2)9-5-6-10(13)12-11(9)8(3)4;1-6(2)7-8(11(3,4)5)10(13)14-9(7)12;1-6(2)7-8(10(3,4)5)13-9(12)11-7/h2*9-10H,7-8H2,1-6H3,(H,14,15);8,10H,7H2,1-6H3,(H,13,14);9-10H,7-8H2,1-6H3;7-9,11H,5-6H2,1-4H3,(H,12,13);6-8H,1-5H3;6-8H,1-5H3,(H,11,12). The molecule has 0 bridgehead atoms. The second-order valence-corrected chi connectivity index (χ2v) is 42.0. The van der Waals surface area contributed by atoms with Gasteiger partial charge >= 0.3 is 18.0 Å². The third kappa shape index (κ3) is 28.8. The van der Waals surface area contributed by atoms with Crippen molar-refractivity contribution < 1.29 is 52.5 Å². The number of hydrogen-bond acceptors (Lipinski definition) is 11. The lowest BCUT2D eigenvalue weighted by Crippen LogP contribution is -2.52. The van der Waals surface area contributed by atoms with E-state index >= 15 is 0 Å². The zero-order valence-corrected chi connectivity index (χ0v) is 70.2. The summed E-state index contributed by atoms with van der Waals surface area (Å²) in [6.45, 7) is 85.6. The Kier molecular flexibility index (Phi) is 33.5. The molecule has 7 aliphatic heterocycles. The fraction of sp³-hybridized carbons (Fsp3) is 0.915. The molecule has 0 spiro atoms. The van der Waals surface area contributed by atoms with Gasteiger partial charge in [0.1, 0.15) is 6.10 Å². The lowest BCUT2D eigenvalue weighted by atomic mass is 9.61. The van der Waals surface area contributed by atoms with Crippen LogP contribution < -0.4 is 26.6 Å². The van der Waals surface area contributed by atoms with Crippen molar-refractivity contribution in [3.8, 4) is 0 Å². The molecule has 0 aromatic carbocycles. The van der Waals surface area contributed by atoms with E-state index in [-0.39, 0.29) is 144 Å². The molecule has 574 valence electrons. The molecule has 7 rings (SSSR count). The van der Waals surface area contributed by atoms with Crippen LogP contribution in [0.3, 0.4) is 0 Å². The first-order valence-corrected chi connectivity index (χ1v) is 37.8. The monoisotopic (exact) mass is 1390 g/mol. The fourth-order valence-electron chi connectivity index (χ4n) is 15.5. The molecule has 7 saturated heterocycles. The van der Waals surface area contributed by atoms with Crippen LogP contribution in [0.25, 0.3) is 0 Å². The highest BCUT2D eigenvalue weighted by Crippen LogP contribution is 2.47. The number of carbonyl (C=O) groups is 7. The maximum absolute atomic E-state index is 12.0. The molecule has 5 N–H and O–H groups in total. The minimum absolute atomic E-state index is 0.00803. The van der Waals surface area contributed by atoms with Crippen LogP contribution in [-0.2, 0) is 47.7 Å². The SMILES string of the molecule is CC(C)(C)C1CC(=O)NC1C(C)(C)C.CC(C)(C)C1CCNC(=O)C1C(C)(C)C.CC(C)(C)C1CNC(=O)CC1C(C)(C)C.CC(C)(C)C1OCCOC1C(C)(C)C.CC(C)C1C(=O)OC(=O)C1C(C)(C)C.CC(C)C1CCC(=O)NC1C(C)C.CC(C)C1NC(=O)OC1C(C)(C)C. The van der Waals surface area contributed by atoms with Crippen molar-refractivity contribution in [2.24, 2.45) is 125 Å². The quantitative estimate of drug-likeness (QED) is 0.132. The second-order valence-electron chi connectivity index (χ2n) is 42.0. The van der Waals surface area contributed by atoms with E-state index in [1.165, 1.54) is 0 Å². The average molecular weight is 1390 g/mol. The zero-order chi connectivity index (χ0) is 77.2. The Bertz CT molecular complexity index is 2470. The third-order valence-corrected chi connectivity index (χ3v) is 21.2. The molecule has 0 radical (unpaired) electrons. The molecule has 7 aliphatic rings. The Morgan fingerprint density at radius 1 is 0.367 bits per heavy atom. The normalized spacial score (nSPS) is 29.1. The van der Waals surface area contributed by atoms with Crippen LogP contribution in [0, 0.1) is 125 Å². The first kappa shape index (κ1) is 92.2. The highest BCUT2D eigenvalue weighted by Gasteiger charge is 2.52. The van der Waals surface area contributed by atoms with E-state index in [0.29, 0.717) is 78.7 Å². The van der Waals surface area contributed by atoms with Crippen LogP contribution in [0.15, 0.2) is 0 Å². The van der Waals surface area contributed by atoms with E-state index in [9.17, 15) is 33.6 Å². The van der Waals surface area contributed by atoms with Gasteiger partial charge in [-0.05, 0) is 115 Å². The Morgan fingerprint density at radius 2 is 0.796 bits per heavy atom. The van der Waals surface area contributed by atoms with E-state index in [0.717, 1.165) is 39.1 Å². The summed E-state index contributed by atoms with van der Waals surface area (Å²) in [5, 5.41) is 15.1. The van der Waals surface area contributed by atoms with Gasteiger partial charge < -0.3 is 45.5 Å². The lowest BCUT2D eigenvalue weighted by Gasteiger charge is -2.46. The molecule has 16 nitrogen and oxygen atoms in total. The number of cyclic esters (lactones) is 3. The summed E-state index contributed by atoms with van der Waals surface area (Å²) in [6.07, 6.45) is 4.37. The van der Waals surface area contributed by atoms with Gasteiger partial charge in [-0.3, -0.25) is 28.8 Å². The van der Waals surface area contributed by atoms with Gasteiger partial charge in [0.2, 0.25) is 23.6 Å². The number of nitrogens with one attached hydrogen (secondary N) is 5. The molecule has 5 amide bonds. The van der Waals surface area contributed by atoms with Crippen molar-refractivity contribution in [1.29, 1.82) is 0 Å². The van der Waals surface area contributed by atoms with Gasteiger partial charge in [0, 0.05) is 55.8 Å². The van der Waals surface area contributed by atoms with Gasteiger partial charge in [-0.15, -0.1) is 0 Å². The summed E-state index contributed by atoms with van der Waals surface area (Å²) in [5.74, 6) is 4.23. The molecule has 0 saturated carbocycles. The van der Waals surface area contributed by atoms with Gasteiger partial charge in [-0.2, -0.15) is 0 Å². The lowest BCUT2D eigenvalue weighted by molar-refractivity contribution is -0.204. The van der Waals surface area contributed by atoms with Crippen LogP contribution in [-0.4, -0.2) is 104 Å². The van der Waals surface area contributed by atoms with Crippen LogP contribution in [0.4, 0.5) is 4.79 Å². The Morgan fingerprint density at radius 3 is 1.12 bits per heavy atom. The Balaban J connectivity index is 0.000000572. The molecule has 0 aromatic rings. The number of alkyl carbamates (subject to hydrolysis) is 1. The molecule has 7 heterocycles. The second kappa shape index (κ2) is 35.6. The van der Waals surface area contributed by atoms with Crippen LogP contribution in [0.1, 0.15) is 295 Å². The number of hydrogen-bond donors (Lipinski definition) is 5. The molecular formula is C82H155N5O11. The minimum atomic E-state index is -0.360. The zero-order valence-electron chi connectivity index (χ0n) is 70.2. The maximum atomic E-state index is 12.0. The van der Waals surface area contributed by atoms with E-state index in [4.69, 9.17) is 18.9 Å².